The third-order valence-corrected chi connectivity index (χ3v) is 4.39. The molecule has 29 heavy (non-hydrogen) atoms. The second-order valence-electron chi connectivity index (χ2n) is 5.89. The Morgan fingerprint density at radius 1 is 1.21 bits per heavy atom. The fourth-order valence-corrected chi connectivity index (χ4v) is 2.88. The average Bonchev–Trinajstić information content (AvgIpc) is 2.72. The monoisotopic (exact) mass is 458 g/mol. The van der Waals surface area contributed by atoms with Gasteiger partial charge in [0.25, 0.3) is 5.91 Å². The lowest BCUT2D eigenvalue weighted by Crippen LogP contribution is -2.14. The maximum atomic E-state index is 12.4. The van der Waals surface area contributed by atoms with Crippen LogP contribution in [0.15, 0.2) is 46.4 Å². The number of hydrogen-bond acceptors (Lipinski definition) is 6. The van der Waals surface area contributed by atoms with Crippen LogP contribution < -0.4 is 14.8 Å². The number of anilines is 1. The van der Waals surface area contributed by atoms with Crippen molar-refractivity contribution < 1.29 is 23.8 Å². The number of nitrogens with one attached hydrogen (secondary N) is 1. The molecule has 0 spiro atoms. The molecule has 0 unspecified atom stereocenters. The number of benzene rings is 2. The fourth-order valence-electron chi connectivity index (χ4n) is 2.30. The predicted octanol–water partition coefficient (Wildman–Crippen LogP) is 3.86. The van der Waals surface area contributed by atoms with Crippen molar-refractivity contribution in [2.45, 2.75) is 6.92 Å². The number of nitriles is 1. The van der Waals surface area contributed by atoms with Crippen LogP contribution in [-0.2, 0) is 14.3 Å². The van der Waals surface area contributed by atoms with Gasteiger partial charge in [0.1, 0.15) is 11.6 Å². The summed E-state index contributed by atoms with van der Waals surface area (Å²) in [5.74, 6) is -0.441. The Kier molecular flexibility index (Phi) is 7.80. The van der Waals surface area contributed by atoms with E-state index in [1.165, 1.54) is 20.3 Å². The highest BCUT2D eigenvalue weighted by atomic mass is 79.9. The SMILES string of the molecule is COC(=O)COc1c(Br)cc(/C=C(\C#N)C(=O)Nc2ccc(C)cc2)cc1OC. The maximum absolute atomic E-state index is 12.4. The van der Waals surface area contributed by atoms with Gasteiger partial charge in [-0.3, -0.25) is 4.79 Å². The van der Waals surface area contributed by atoms with E-state index in [2.05, 4.69) is 26.0 Å². The summed E-state index contributed by atoms with van der Waals surface area (Å²) < 4.78 is 15.8. The van der Waals surface area contributed by atoms with Crippen molar-refractivity contribution in [1.29, 1.82) is 5.26 Å². The van der Waals surface area contributed by atoms with E-state index in [1.54, 1.807) is 24.3 Å². The molecule has 0 aromatic heterocycles. The van der Waals surface area contributed by atoms with Crippen molar-refractivity contribution in [1.82, 2.24) is 0 Å². The highest BCUT2D eigenvalue weighted by molar-refractivity contribution is 9.10. The molecule has 0 fully saturated rings. The van der Waals surface area contributed by atoms with Crippen molar-refractivity contribution >= 4 is 39.6 Å². The van der Waals surface area contributed by atoms with Gasteiger partial charge in [-0.2, -0.15) is 5.26 Å². The molecule has 1 amide bonds. The molecule has 2 aromatic rings. The number of amides is 1. The number of hydrogen-bond donors (Lipinski definition) is 1. The van der Waals surface area contributed by atoms with Gasteiger partial charge in [-0.15, -0.1) is 0 Å². The quantitative estimate of drug-likeness (QED) is 0.384. The normalized spacial score (nSPS) is 10.7. The number of esters is 1. The number of nitrogens with zero attached hydrogens (tertiary/aromatic N) is 1. The van der Waals surface area contributed by atoms with Crippen LogP contribution in [-0.4, -0.2) is 32.7 Å². The van der Waals surface area contributed by atoms with Crippen LogP contribution in [0.2, 0.25) is 0 Å². The molecule has 150 valence electrons. The van der Waals surface area contributed by atoms with Crippen LogP contribution in [0.25, 0.3) is 6.08 Å². The number of ether oxygens (including phenoxy) is 3. The molecule has 0 saturated carbocycles. The molecular weight excluding hydrogens is 440 g/mol. The van der Waals surface area contributed by atoms with Gasteiger partial charge in [0.15, 0.2) is 18.1 Å². The number of aryl methyl sites for hydroxylation is 1. The van der Waals surface area contributed by atoms with Crippen LogP contribution in [0.3, 0.4) is 0 Å². The van der Waals surface area contributed by atoms with Gasteiger partial charge in [-0.25, -0.2) is 4.79 Å². The first-order valence-electron chi connectivity index (χ1n) is 8.45. The van der Waals surface area contributed by atoms with E-state index in [1.807, 2.05) is 25.1 Å². The van der Waals surface area contributed by atoms with Crippen LogP contribution in [0.5, 0.6) is 11.5 Å². The Morgan fingerprint density at radius 2 is 1.90 bits per heavy atom. The fraction of sp³-hybridized carbons (Fsp3) is 0.190. The lowest BCUT2D eigenvalue weighted by molar-refractivity contribution is -0.142. The van der Waals surface area contributed by atoms with Gasteiger partial charge in [0.2, 0.25) is 0 Å². The Balaban J connectivity index is 2.26. The molecule has 1 N–H and O–H groups in total. The van der Waals surface area contributed by atoms with Gasteiger partial charge in [-0.1, -0.05) is 17.7 Å². The maximum Gasteiger partial charge on any atom is 0.343 e. The first kappa shape index (κ1) is 22.0. The first-order valence-corrected chi connectivity index (χ1v) is 9.24. The van der Waals surface area contributed by atoms with Crippen LogP contribution in [0, 0.1) is 18.3 Å². The molecule has 0 bridgehead atoms. The number of methoxy groups -OCH3 is 2. The van der Waals surface area contributed by atoms with Crippen LogP contribution >= 0.6 is 15.9 Å². The van der Waals surface area contributed by atoms with Crippen LogP contribution in [0.4, 0.5) is 5.69 Å². The van der Waals surface area contributed by atoms with E-state index >= 15 is 0 Å². The molecule has 8 heteroatoms. The summed E-state index contributed by atoms with van der Waals surface area (Å²) in [6.07, 6.45) is 1.43. The lowest BCUT2D eigenvalue weighted by atomic mass is 10.1. The van der Waals surface area contributed by atoms with Gasteiger partial charge >= 0.3 is 5.97 Å². The molecular formula is C21H19BrN2O5. The van der Waals surface area contributed by atoms with Gasteiger partial charge in [-0.05, 0) is 58.8 Å². The van der Waals surface area contributed by atoms with E-state index in [-0.39, 0.29) is 12.2 Å². The second kappa shape index (κ2) is 10.3. The largest absolute Gasteiger partial charge is 0.493 e. The van der Waals surface area contributed by atoms with Crippen molar-refractivity contribution in [3.63, 3.8) is 0 Å². The Labute approximate surface area is 177 Å². The number of carbonyl (C=O) groups excluding carboxylic acids is 2. The molecule has 0 atom stereocenters. The summed E-state index contributed by atoms with van der Waals surface area (Å²) in [7, 11) is 2.70. The Morgan fingerprint density at radius 3 is 2.48 bits per heavy atom. The zero-order valence-electron chi connectivity index (χ0n) is 16.1. The third-order valence-electron chi connectivity index (χ3n) is 3.80. The summed E-state index contributed by atoms with van der Waals surface area (Å²) in [5.41, 5.74) is 2.11. The van der Waals surface area contributed by atoms with Gasteiger partial charge in [0.05, 0.1) is 18.7 Å². The highest BCUT2D eigenvalue weighted by Gasteiger charge is 2.15. The molecule has 0 radical (unpaired) electrons. The summed E-state index contributed by atoms with van der Waals surface area (Å²) in [4.78, 5) is 23.7. The average molecular weight is 459 g/mol. The minimum Gasteiger partial charge on any atom is -0.493 e. The second-order valence-corrected chi connectivity index (χ2v) is 6.74. The molecule has 0 saturated heterocycles. The minimum absolute atomic E-state index is 0.0808. The third kappa shape index (κ3) is 6.09. The highest BCUT2D eigenvalue weighted by Crippen LogP contribution is 2.37. The number of rotatable bonds is 7. The summed E-state index contributed by atoms with van der Waals surface area (Å²) in [6, 6.07) is 12.4. The minimum atomic E-state index is -0.539. The van der Waals surface area contributed by atoms with Crippen molar-refractivity contribution in [3.05, 3.63) is 57.6 Å². The van der Waals surface area contributed by atoms with Crippen molar-refractivity contribution in [2.24, 2.45) is 0 Å². The number of halogens is 1. The van der Waals surface area contributed by atoms with E-state index in [0.29, 0.717) is 27.2 Å². The standard InChI is InChI=1S/C21H19BrN2O5/c1-13-4-6-16(7-5-13)24-21(26)15(11-23)8-14-9-17(22)20(18(10-14)27-2)29-12-19(25)28-3/h4-10H,12H2,1-3H3,(H,24,26)/b15-8+. The van der Waals surface area contributed by atoms with Crippen molar-refractivity contribution in [2.75, 3.05) is 26.1 Å². The Bertz CT molecular complexity index is 978. The molecule has 0 aliphatic heterocycles. The zero-order chi connectivity index (χ0) is 21.4. The molecule has 0 aliphatic rings. The molecule has 2 aromatic carbocycles. The molecule has 0 aliphatic carbocycles. The van der Waals surface area contributed by atoms with E-state index < -0.39 is 11.9 Å². The lowest BCUT2D eigenvalue weighted by Gasteiger charge is -2.13. The Hall–Kier alpha value is -3.31. The first-order chi connectivity index (χ1) is 13.9. The summed E-state index contributed by atoms with van der Waals surface area (Å²) in [5, 5.41) is 12.1. The van der Waals surface area contributed by atoms with Crippen molar-refractivity contribution in [3.8, 4) is 17.6 Å². The van der Waals surface area contributed by atoms with Gasteiger partial charge in [0, 0.05) is 5.69 Å². The van der Waals surface area contributed by atoms with Gasteiger partial charge < -0.3 is 19.5 Å². The van der Waals surface area contributed by atoms with Crippen LogP contribution in [0.1, 0.15) is 11.1 Å². The number of carbonyl (C=O) groups is 2. The summed E-state index contributed by atoms with van der Waals surface area (Å²) >= 11 is 3.35. The topological polar surface area (TPSA) is 97.7 Å². The smallest absolute Gasteiger partial charge is 0.343 e. The van der Waals surface area contributed by atoms with E-state index in [0.717, 1.165) is 5.56 Å². The van der Waals surface area contributed by atoms with E-state index in [4.69, 9.17) is 9.47 Å². The molecule has 2 rings (SSSR count). The molecule has 0 heterocycles. The predicted molar refractivity (Wildman–Crippen MR) is 112 cm³/mol. The summed E-state index contributed by atoms with van der Waals surface area (Å²) in [6.45, 7) is 1.65. The zero-order valence-corrected chi connectivity index (χ0v) is 17.7. The molecule has 7 nitrogen and oxygen atoms in total. The van der Waals surface area contributed by atoms with E-state index in [9.17, 15) is 14.9 Å².